The zero-order valence-corrected chi connectivity index (χ0v) is 19.4. The number of hydrogen-bond donors (Lipinski definition) is 1. The molecule has 0 fully saturated rings. The third kappa shape index (κ3) is 5.56. The summed E-state index contributed by atoms with van der Waals surface area (Å²) in [5, 5.41) is 13.7. The lowest BCUT2D eigenvalue weighted by Crippen LogP contribution is -2.38. The number of nitrogens with zero attached hydrogens (tertiary/aromatic N) is 2. The lowest BCUT2D eigenvalue weighted by molar-refractivity contribution is -0.384. The number of hydrogen-bond acceptors (Lipinski definition) is 5. The van der Waals surface area contributed by atoms with Gasteiger partial charge in [0.05, 0.1) is 21.2 Å². The van der Waals surface area contributed by atoms with Gasteiger partial charge in [-0.1, -0.05) is 42.8 Å². The molecule has 0 spiro atoms. The predicted octanol–water partition coefficient (Wildman–Crippen LogP) is 4.61. The summed E-state index contributed by atoms with van der Waals surface area (Å²) >= 11 is 0. The topological polar surface area (TPSA) is 110 Å². The smallest absolute Gasteiger partial charge is 0.271 e. The first-order valence-electron chi connectivity index (χ1n) is 10.3. The van der Waals surface area contributed by atoms with Gasteiger partial charge in [-0.3, -0.25) is 19.2 Å². The van der Waals surface area contributed by atoms with E-state index in [2.05, 4.69) is 5.32 Å². The number of rotatable bonds is 8. The summed E-state index contributed by atoms with van der Waals surface area (Å²) in [5.74, 6) is -0.617. The van der Waals surface area contributed by atoms with Crippen molar-refractivity contribution in [3.05, 3.63) is 93.5 Å². The molecule has 0 saturated carbocycles. The number of amides is 1. The van der Waals surface area contributed by atoms with Gasteiger partial charge in [0.2, 0.25) is 5.91 Å². The Morgan fingerprint density at radius 2 is 1.64 bits per heavy atom. The van der Waals surface area contributed by atoms with Gasteiger partial charge in [0.15, 0.2) is 0 Å². The molecule has 172 valence electrons. The van der Waals surface area contributed by atoms with E-state index in [1.54, 1.807) is 31.2 Å². The lowest BCUT2D eigenvalue weighted by atomic mass is 10.1. The van der Waals surface area contributed by atoms with E-state index < -0.39 is 27.4 Å². The Morgan fingerprint density at radius 3 is 2.21 bits per heavy atom. The van der Waals surface area contributed by atoms with Crippen molar-refractivity contribution in [2.75, 3.05) is 16.2 Å². The standard InChI is InChI=1S/C24H25N3O5S/c1-4-19-8-11-20(12-9-19)26(33(31,32)22-13-5-17(2)6-14-22)16-24(28)25-23-15-21(27(29)30)10-7-18(23)3/h5-15H,4,16H2,1-3H3,(H,25,28). The van der Waals surface area contributed by atoms with Crippen LogP contribution in [0.4, 0.5) is 17.1 Å². The second kappa shape index (κ2) is 9.83. The summed E-state index contributed by atoms with van der Waals surface area (Å²) in [6.07, 6.45) is 0.789. The van der Waals surface area contributed by atoms with Gasteiger partial charge in [-0.2, -0.15) is 0 Å². The van der Waals surface area contributed by atoms with Crippen LogP contribution in [0.2, 0.25) is 0 Å². The summed E-state index contributed by atoms with van der Waals surface area (Å²) in [7, 11) is -4.05. The lowest BCUT2D eigenvalue weighted by Gasteiger charge is -2.24. The van der Waals surface area contributed by atoms with Gasteiger partial charge < -0.3 is 5.32 Å². The monoisotopic (exact) mass is 467 g/mol. The van der Waals surface area contributed by atoms with Crippen LogP contribution in [0.1, 0.15) is 23.6 Å². The number of nitrogens with one attached hydrogen (secondary N) is 1. The first kappa shape index (κ1) is 23.9. The minimum atomic E-state index is -4.05. The quantitative estimate of drug-likeness (QED) is 0.384. The average Bonchev–Trinajstić information content (AvgIpc) is 2.79. The van der Waals surface area contributed by atoms with Crippen molar-refractivity contribution < 1.29 is 18.1 Å². The molecule has 3 aromatic carbocycles. The molecule has 0 aliphatic rings. The number of sulfonamides is 1. The van der Waals surface area contributed by atoms with Gasteiger partial charge in [0.25, 0.3) is 15.7 Å². The van der Waals surface area contributed by atoms with Crippen molar-refractivity contribution >= 4 is 33.0 Å². The zero-order valence-electron chi connectivity index (χ0n) is 18.6. The van der Waals surface area contributed by atoms with Crippen molar-refractivity contribution in [1.29, 1.82) is 0 Å². The Labute approximate surface area is 193 Å². The highest BCUT2D eigenvalue weighted by Gasteiger charge is 2.27. The number of nitro benzene ring substituents is 1. The van der Waals surface area contributed by atoms with E-state index in [-0.39, 0.29) is 16.3 Å². The molecule has 9 heteroatoms. The molecule has 0 aliphatic heterocycles. The summed E-state index contributed by atoms with van der Waals surface area (Å²) in [5.41, 5.74) is 2.99. The van der Waals surface area contributed by atoms with Crippen LogP contribution in [0.15, 0.2) is 71.6 Å². The molecule has 0 atom stereocenters. The minimum absolute atomic E-state index is 0.0620. The summed E-state index contributed by atoms with van der Waals surface area (Å²) in [4.78, 5) is 23.5. The van der Waals surface area contributed by atoms with Crippen molar-refractivity contribution in [1.82, 2.24) is 0 Å². The van der Waals surface area contributed by atoms with Crippen LogP contribution >= 0.6 is 0 Å². The Bertz CT molecular complexity index is 1270. The highest BCUT2D eigenvalue weighted by molar-refractivity contribution is 7.92. The molecule has 1 amide bonds. The highest BCUT2D eigenvalue weighted by atomic mass is 32.2. The van der Waals surface area contributed by atoms with E-state index in [9.17, 15) is 23.3 Å². The van der Waals surface area contributed by atoms with E-state index in [4.69, 9.17) is 0 Å². The maximum absolute atomic E-state index is 13.5. The molecule has 8 nitrogen and oxygen atoms in total. The summed E-state index contributed by atoms with van der Waals surface area (Å²) in [6, 6.07) is 17.5. The van der Waals surface area contributed by atoms with Gasteiger partial charge in [0.1, 0.15) is 6.54 Å². The van der Waals surface area contributed by atoms with Gasteiger partial charge in [-0.25, -0.2) is 8.42 Å². The SMILES string of the molecule is CCc1ccc(N(CC(=O)Nc2cc([N+](=O)[O-])ccc2C)S(=O)(=O)c2ccc(C)cc2)cc1. The van der Waals surface area contributed by atoms with Gasteiger partial charge in [-0.05, 0) is 55.7 Å². The maximum Gasteiger partial charge on any atom is 0.271 e. The van der Waals surface area contributed by atoms with E-state index in [1.165, 1.54) is 30.3 Å². The van der Waals surface area contributed by atoms with E-state index in [0.717, 1.165) is 21.9 Å². The van der Waals surface area contributed by atoms with Crippen LogP contribution in [-0.4, -0.2) is 25.8 Å². The van der Waals surface area contributed by atoms with Gasteiger partial charge in [-0.15, -0.1) is 0 Å². The first-order chi connectivity index (χ1) is 15.6. The molecular weight excluding hydrogens is 442 g/mol. The molecule has 33 heavy (non-hydrogen) atoms. The third-order valence-corrected chi connectivity index (χ3v) is 7.02. The molecule has 3 aromatic rings. The second-order valence-electron chi connectivity index (χ2n) is 7.65. The largest absolute Gasteiger partial charge is 0.324 e. The van der Waals surface area contributed by atoms with Gasteiger partial charge >= 0.3 is 0 Å². The molecule has 0 unspecified atom stereocenters. The Kier molecular flexibility index (Phi) is 7.13. The predicted molar refractivity (Wildman–Crippen MR) is 128 cm³/mol. The Morgan fingerprint density at radius 1 is 1.00 bits per heavy atom. The molecule has 0 bridgehead atoms. The van der Waals surface area contributed by atoms with Crippen molar-refractivity contribution in [3.63, 3.8) is 0 Å². The molecule has 0 aromatic heterocycles. The fourth-order valence-corrected chi connectivity index (χ4v) is 4.65. The highest BCUT2D eigenvalue weighted by Crippen LogP contribution is 2.26. The molecule has 0 saturated heterocycles. The number of anilines is 2. The molecule has 3 rings (SSSR count). The number of aryl methyl sites for hydroxylation is 3. The van der Waals surface area contributed by atoms with Gasteiger partial charge in [0, 0.05) is 12.1 Å². The van der Waals surface area contributed by atoms with E-state index in [1.807, 2.05) is 26.0 Å². The van der Waals surface area contributed by atoms with Crippen LogP contribution in [0, 0.1) is 24.0 Å². The molecule has 1 N–H and O–H groups in total. The molecule has 0 radical (unpaired) electrons. The van der Waals surface area contributed by atoms with Crippen molar-refractivity contribution in [3.8, 4) is 0 Å². The van der Waals surface area contributed by atoms with Crippen molar-refractivity contribution in [2.45, 2.75) is 32.1 Å². The van der Waals surface area contributed by atoms with Crippen LogP contribution in [0.25, 0.3) is 0 Å². The first-order valence-corrected chi connectivity index (χ1v) is 11.8. The second-order valence-corrected chi connectivity index (χ2v) is 9.51. The van der Waals surface area contributed by atoms with Crippen LogP contribution in [-0.2, 0) is 21.2 Å². The average molecular weight is 468 g/mol. The maximum atomic E-state index is 13.5. The van der Waals surface area contributed by atoms with Crippen molar-refractivity contribution in [2.24, 2.45) is 0 Å². The number of carbonyl (C=O) groups excluding carboxylic acids is 1. The molecular formula is C24H25N3O5S. The molecule has 0 aliphatic carbocycles. The van der Waals surface area contributed by atoms with Crippen LogP contribution in [0.5, 0.6) is 0 Å². The molecule has 0 heterocycles. The Balaban J connectivity index is 1.96. The van der Waals surface area contributed by atoms with E-state index >= 15 is 0 Å². The Hall–Kier alpha value is -3.72. The minimum Gasteiger partial charge on any atom is -0.324 e. The number of benzene rings is 3. The van der Waals surface area contributed by atoms with E-state index in [0.29, 0.717) is 11.3 Å². The normalized spacial score (nSPS) is 11.1. The number of carbonyl (C=O) groups is 1. The summed E-state index contributed by atoms with van der Waals surface area (Å²) < 4.78 is 27.9. The fourth-order valence-electron chi connectivity index (χ4n) is 3.23. The van der Waals surface area contributed by atoms with Crippen LogP contribution < -0.4 is 9.62 Å². The van der Waals surface area contributed by atoms with Crippen LogP contribution in [0.3, 0.4) is 0 Å². The fraction of sp³-hybridized carbons (Fsp3) is 0.208. The third-order valence-electron chi connectivity index (χ3n) is 5.23. The zero-order chi connectivity index (χ0) is 24.2. The number of nitro groups is 1. The number of non-ortho nitro benzene ring substituents is 1. The summed E-state index contributed by atoms with van der Waals surface area (Å²) in [6.45, 7) is 5.05.